The lowest BCUT2D eigenvalue weighted by Gasteiger charge is -2.36. The third-order valence-corrected chi connectivity index (χ3v) is 6.06. The van der Waals surface area contributed by atoms with Crippen LogP contribution in [0.4, 0.5) is 10.2 Å². The lowest BCUT2D eigenvalue weighted by molar-refractivity contribution is 0.0746. The predicted octanol–water partition coefficient (Wildman–Crippen LogP) is 4.55. The molecule has 1 aliphatic rings. The largest absolute Gasteiger partial charge is 0.353 e. The Bertz CT molecular complexity index is 1100. The number of aromatic nitrogens is 2. The summed E-state index contributed by atoms with van der Waals surface area (Å²) in [7, 11) is 0. The normalized spacial score (nSPS) is 14.1. The molecule has 1 amide bonds. The van der Waals surface area contributed by atoms with Crippen molar-refractivity contribution in [3.05, 3.63) is 87.0 Å². The van der Waals surface area contributed by atoms with Gasteiger partial charge in [-0.1, -0.05) is 28.1 Å². The average Bonchev–Trinajstić information content (AvgIpc) is 2.76. The van der Waals surface area contributed by atoms with E-state index in [9.17, 15) is 9.18 Å². The van der Waals surface area contributed by atoms with E-state index in [-0.39, 0.29) is 11.7 Å². The summed E-state index contributed by atoms with van der Waals surface area (Å²) in [4.78, 5) is 26.2. The van der Waals surface area contributed by atoms with Crippen LogP contribution >= 0.6 is 15.9 Å². The fraction of sp³-hybridized carbons (Fsp3) is 0.292. The van der Waals surface area contributed by atoms with Crippen LogP contribution in [0.5, 0.6) is 0 Å². The van der Waals surface area contributed by atoms with Crippen molar-refractivity contribution >= 4 is 27.7 Å². The summed E-state index contributed by atoms with van der Waals surface area (Å²) < 4.78 is 14.6. The number of rotatable bonds is 4. The summed E-state index contributed by atoms with van der Waals surface area (Å²) in [5, 5.41) is 0. The number of nitrogens with zero attached hydrogens (tertiary/aromatic N) is 4. The minimum absolute atomic E-state index is 0.0437. The van der Waals surface area contributed by atoms with Crippen molar-refractivity contribution in [3.8, 4) is 0 Å². The lowest BCUT2D eigenvalue weighted by Crippen LogP contribution is -2.49. The maximum atomic E-state index is 13.7. The van der Waals surface area contributed by atoms with Gasteiger partial charge in [-0.3, -0.25) is 4.79 Å². The molecule has 2 heterocycles. The van der Waals surface area contributed by atoms with Gasteiger partial charge in [0.15, 0.2) is 0 Å². The van der Waals surface area contributed by atoms with E-state index in [2.05, 4.69) is 25.8 Å². The van der Waals surface area contributed by atoms with Crippen LogP contribution in [0.3, 0.4) is 0 Å². The summed E-state index contributed by atoms with van der Waals surface area (Å²) in [6, 6.07) is 14.1. The van der Waals surface area contributed by atoms with Crippen molar-refractivity contribution in [2.45, 2.75) is 20.3 Å². The molecule has 1 aromatic heterocycles. The minimum atomic E-state index is -0.246. The van der Waals surface area contributed by atoms with E-state index in [0.29, 0.717) is 44.0 Å². The minimum Gasteiger partial charge on any atom is -0.353 e. The molecule has 1 saturated heterocycles. The van der Waals surface area contributed by atoms with Gasteiger partial charge in [0.05, 0.1) is 0 Å². The second-order valence-corrected chi connectivity index (χ2v) is 8.67. The lowest BCUT2D eigenvalue weighted by atomic mass is 10.0. The van der Waals surface area contributed by atoms with Gasteiger partial charge in [0.25, 0.3) is 5.91 Å². The van der Waals surface area contributed by atoms with Gasteiger partial charge in [0.2, 0.25) is 0 Å². The molecule has 7 heteroatoms. The molecule has 3 aromatic rings. The number of benzene rings is 2. The van der Waals surface area contributed by atoms with E-state index in [1.807, 2.05) is 49.1 Å². The number of anilines is 1. The molecule has 0 radical (unpaired) electrons. The summed E-state index contributed by atoms with van der Waals surface area (Å²) >= 11 is 3.41. The number of aryl methyl sites for hydroxylation is 2. The van der Waals surface area contributed by atoms with Gasteiger partial charge < -0.3 is 9.80 Å². The van der Waals surface area contributed by atoms with Crippen LogP contribution in [0, 0.1) is 19.7 Å². The quantitative estimate of drug-likeness (QED) is 0.547. The van der Waals surface area contributed by atoms with Crippen LogP contribution in [0.15, 0.2) is 53.0 Å². The molecule has 0 aliphatic carbocycles. The first-order valence-electron chi connectivity index (χ1n) is 10.3. The zero-order valence-corrected chi connectivity index (χ0v) is 19.2. The fourth-order valence-electron chi connectivity index (χ4n) is 3.93. The highest BCUT2D eigenvalue weighted by molar-refractivity contribution is 9.10. The Morgan fingerprint density at radius 3 is 2.42 bits per heavy atom. The average molecular weight is 483 g/mol. The van der Waals surface area contributed by atoms with Crippen molar-refractivity contribution in [1.29, 1.82) is 0 Å². The standard InChI is InChI=1S/C24H24BrFN4O/c1-16-22(15-18-4-3-5-21(26)14-18)23(28-17(2)27-16)29-10-12-30(13-11-29)24(31)19-6-8-20(25)9-7-19/h3-9,14H,10-13,15H2,1-2H3. The molecule has 0 spiro atoms. The molecule has 0 bridgehead atoms. The van der Waals surface area contributed by atoms with Crippen molar-refractivity contribution < 1.29 is 9.18 Å². The molecule has 1 fully saturated rings. The van der Waals surface area contributed by atoms with Crippen LogP contribution in [0.25, 0.3) is 0 Å². The van der Waals surface area contributed by atoms with Gasteiger partial charge >= 0.3 is 0 Å². The molecule has 0 saturated carbocycles. The van der Waals surface area contributed by atoms with Crippen LogP contribution in [0.2, 0.25) is 0 Å². The number of carbonyl (C=O) groups is 1. The Morgan fingerprint density at radius 2 is 1.74 bits per heavy atom. The Labute approximate surface area is 190 Å². The molecule has 4 rings (SSSR count). The number of piperazine rings is 1. The van der Waals surface area contributed by atoms with Gasteiger partial charge in [0, 0.05) is 53.9 Å². The van der Waals surface area contributed by atoms with Crippen molar-refractivity contribution in [1.82, 2.24) is 14.9 Å². The van der Waals surface area contributed by atoms with Gasteiger partial charge in [-0.25, -0.2) is 14.4 Å². The Hall–Kier alpha value is -2.80. The topological polar surface area (TPSA) is 49.3 Å². The van der Waals surface area contributed by atoms with E-state index < -0.39 is 0 Å². The number of amides is 1. The summed E-state index contributed by atoms with van der Waals surface area (Å²) in [5.41, 5.74) is 3.49. The van der Waals surface area contributed by atoms with Crippen molar-refractivity contribution in [2.24, 2.45) is 0 Å². The first kappa shape index (κ1) is 21.4. The Kier molecular flexibility index (Phi) is 6.32. The second kappa shape index (κ2) is 9.14. The van der Waals surface area contributed by atoms with Gasteiger partial charge in [-0.15, -0.1) is 0 Å². The zero-order valence-electron chi connectivity index (χ0n) is 17.6. The van der Waals surface area contributed by atoms with E-state index in [1.54, 1.807) is 12.1 Å². The Morgan fingerprint density at radius 1 is 1.03 bits per heavy atom. The van der Waals surface area contributed by atoms with E-state index >= 15 is 0 Å². The fourth-order valence-corrected chi connectivity index (χ4v) is 4.20. The van der Waals surface area contributed by atoms with E-state index in [4.69, 9.17) is 4.98 Å². The van der Waals surface area contributed by atoms with Crippen molar-refractivity contribution in [3.63, 3.8) is 0 Å². The molecule has 5 nitrogen and oxygen atoms in total. The first-order valence-corrected chi connectivity index (χ1v) is 11.1. The van der Waals surface area contributed by atoms with Crippen molar-refractivity contribution in [2.75, 3.05) is 31.1 Å². The molecule has 160 valence electrons. The molecule has 0 unspecified atom stereocenters. The number of halogens is 2. The van der Waals surface area contributed by atoms with Crippen LogP contribution < -0.4 is 4.90 Å². The summed E-state index contributed by atoms with van der Waals surface area (Å²) in [6.45, 7) is 6.48. The molecular weight excluding hydrogens is 459 g/mol. The predicted molar refractivity (Wildman–Crippen MR) is 123 cm³/mol. The van der Waals surface area contributed by atoms with E-state index in [1.165, 1.54) is 6.07 Å². The van der Waals surface area contributed by atoms with Crippen LogP contribution in [-0.2, 0) is 6.42 Å². The molecule has 0 atom stereocenters. The zero-order chi connectivity index (χ0) is 22.0. The van der Waals surface area contributed by atoms with Crippen LogP contribution in [0.1, 0.15) is 33.0 Å². The highest BCUT2D eigenvalue weighted by Crippen LogP contribution is 2.26. The third-order valence-electron chi connectivity index (χ3n) is 5.53. The molecule has 0 N–H and O–H groups in total. The highest BCUT2D eigenvalue weighted by Gasteiger charge is 2.25. The number of carbonyl (C=O) groups excluding carboxylic acids is 1. The summed E-state index contributed by atoms with van der Waals surface area (Å²) in [6.07, 6.45) is 0.567. The Balaban J connectivity index is 1.52. The second-order valence-electron chi connectivity index (χ2n) is 7.75. The maximum absolute atomic E-state index is 13.7. The molecule has 31 heavy (non-hydrogen) atoms. The van der Waals surface area contributed by atoms with Gasteiger partial charge in [-0.2, -0.15) is 0 Å². The monoisotopic (exact) mass is 482 g/mol. The maximum Gasteiger partial charge on any atom is 0.253 e. The third kappa shape index (κ3) is 4.93. The molecule has 1 aliphatic heterocycles. The molecular formula is C24H24BrFN4O. The van der Waals surface area contributed by atoms with E-state index in [0.717, 1.165) is 27.1 Å². The van der Waals surface area contributed by atoms with Gasteiger partial charge in [0.1, 0.15) is 17.5 Å². The highest BCUT2D eigenvalue weighted by atomic mass is 79.9. The first-order chi connectivity index (χ1) is 14.9. The number of hydrogen-bond donors (Lipinski definition) is 0. The molecule has 2 aromatic carbocycles. The van der Waals surface area contributed by atoms with Gasteiger partial charge in [-0.05, 0) is 55.8 Å². The summed E-state index contributed by atoms with van der Waals surface area (Å²) in [5.74, 6) is 1.39. The SMILES string of the molecule is Cc1nc(C)c(Cc2cccc(F)c2)c(N2CCN(C(=O)c3ccc(Br)cc3)CC2)n1. The number of hydrogen-bond acceptors (Lipinski definition) is 4. The smallest absolute Gasteiger partial charge is 0.253 e. The van der Waals surface area contributed by atoms with Crippen LogP contribution in [-0.4, -0.2) is 47.0 Å².